The van der Waals surface area contributed by atoms with E-state index in [1.807, 2.05) is 33.8 Å². The summed E-state index contributed by atoms with van der Waals surface area (Å²) in [4.78, 5) is 0.381. The van der Waals surface area contributed by atoms with E-state index in [0.29, 0.717) is 24.4 Å². The molecule has 20 heavy (non-hydrogen) atoms. The van der Waals surface area contributed by atoms with Gasteiger partial charge in [0.25, 0.3) is 0 Å². The highest BCUT2D eigenvalue weighted by molar-refractivity contribution is 7.89. The average Bonchev–Trinajstić information content (AvgIpc) is 2.35. The molecule has 0 aliphatic carbocycles. The van der Waals surface area contributed by atoms with E-state index < -0.39 is 10.0 Å². The Morgan fingerprint density at radius 3 is 2.45 bits per heavy atom. The molecule has 1 fully saturated rings. The minimum Gasteiger partial charge on any atom is -0.327 e. The largest absolute Gasteiger partial charge is 0.327 e. The molecule has 1 heterocycles. The third kappa shape index (κ3) is 2.75. The Morgan fingerprint density at radius 1 is 1.25 bits per heavy atom. The quantitative estimate of drug-likeness (QED) is 0.908. The fourth-order valence-electron chi connectivity index (χ4n) is 2.55. The van der Waals surface area contributed by atoms with Crippen LogP contribution in [0.5, 0.6) is 0 Å². The molecular formula is C15H24N2O2S. The highest BCUT2D eigenvalue weighted by atomic mass is 32.2. The van der Waals surface area contributed by atoms with Crippen LogP contribution in [-0.2, 0) is 10.0 Å². The van der Waals surface area contributed by atoms with Crippen LogP contribution in [-0.4, -0.2) is 31.9 Å². The van der Waals surface area contributed by atoms with Gasteiger partial charge in [-0.05, 0) is 48.9 Å². The van der Waals surface area contributed by atoms with Crippen molar-refractivity contribution >= 4 is 10.0 Å². The van der Waals surface area contributed by atoms with Crippen molar-refractivity contribution in [3.63, 3.8) is 0 Å². The monoisotopic (exact) mass is 296 g/mol. The van der Waals surface area contributed by atoms with Gasteiger partial charge in [-0.1, -0.05) is 19.9 Å². The number of rotatable bonds is 2. The molecule has 0 radical (unpaired) electrons. The van der Waals surface area contributed by atoms with Gasteiger partial charge < -0.3 is 5.73 Å². The molecule has 1 aromatic rings. The lowest BCUT2D eigenvalue weighted by Gasteiger charge is -2.41. The summed E-state index contributed by atoms with van der Waals surface area (Å²) in [5.41, 5.74) is 7.99. The molecule has 2 rings (SSSR count). The Kier molecular flexibility index (Phi) is 3.97. The summed E-state index contributed by atoms with van der Waals surface area (Å²) >= 11 is 0. The smallest absolute Gasteiger partial charge is 0.243 e. The number of nitrogens with two attached hydrogens (primary N) is 1. The van der Waals surface area contributed by atoms with Gasteiger partial charge in [0.05, 0.1) is 4.90 Å². The number of nitrogens with zero attached hydrogens (tertiary/aromatic N) is 1. The van der Waals surface area contributed by atoms with E-state index in [9.17, 15) is 8.42 Å². The number of sulfonamides is 1. The summed E-state index contributed by atoms with van der Waals surface area (Å²) in [6.07, 6.45) is 0.705. The van der Waals surface area contributed by atoms with Crippen molar-refractivity contribution < 1.29 is 8.42 Å². The molecular weight excluding hydrogens is 272 g/mol. The standard InChI is InChI=1S/C15H24N2O2S/c1-11-5-6-13(9-12(11)2)20(18,19)17-8-7-14(16)15(3,4)10-17/h5-6,9,14H,7-8,10,16H2,1-4H3. The number of piperidine rings is 1. The van der Waals surface area contributed by atoms with Crippen LogP contribution < -0.4 is 5.73 Å². The van der Waals surface area contributed by atoms with Crippen molar-refractivity contribution in [3.8, 4) is 0 Å². The number of hydrogen-bond donors (Lipinski definition) is 1. The zero-order valence-electron chi connectivity index (χ0n) is 12.7. The maximum absolute atomic E-state index is 12.7. The lowest BCUT2D eigenvalue weighted by molar-refractivity contribution is 0.155. The van der Waals surface area contributed by atoms with E-state index in [1.165, 1.54) is 0 Å². The molecule has 112 valence electrons. The van der Waals surface area contributed by atoms with Crippen LogP contribution in [0, 0.1) is 19.3 Å². The highest BCUT2D eigenvalue weighted by Gasteiger charge is 2.38. The first-order chi connectivity index (χ1) is 9.14. The second-order valence-electron chi connectivity index (χ2n) is 6.47. The molecule has 2 N–H and O–H groups in total. The Hall–Kier alpha value is -0.910. The molecule has 1 saturated heterocycles. The maximum atomic E-state index is 12.7. The van der Waals surface area contributed by atoms with Crippen molar-refractivity contribution in [3.05, 3.63) is 29.3 Å². The fourth-order valence-corrected chi connectivity index (χ4v) is 4.27. The van der Waals surface area contributed by atoms with E-state index >= 15 is 0 Å². The molecule has 0 saturated carbocycles. The average molecular weight is 296 g/mol. The van der Waals surface area contributed by atoms with Gasteiger partial charge in [0, 0.05) is 19.1 Å². The molecule has 1 aliphatic rings. The van der Waals surface area contributed by atoms with E-state index in [2.05, 4.69) is 0 Å². The van der Waals surface area contributed by atoms with Crippen LogP contribution in [0.4, 0.5) is 0 Å². The minimum absolute atomic E-state index is 0.0497. The first-order valence-corrected chi connectivity index (χ1v) is 8.41. The summed E-state index contributed by atoms with van der Waals surface area (Å²) in [7, 11) is -3.42. The molecule has 0 bridgehead atoms. The van der Waals surface area contributed by atoms with Crippen LogP contribution in [0.1, 0.15) is 31.4 Å². The maximum Gasteiger partial charge on any atom is 0.243 e. The summed E-state index contributed by atoms with van der Waals surface area (Å²) in [5, 5.41) is 0. The molecule has 1 atom stereocenters. The lowest BCUT2D eigenvalue weighted by atomic mass is 9.81. The van der Waals surface area contributed by atoms with Crippen molar-refractivity contribution in [2.75, 3.05) is 13.1 Å². The topological polar surface area (TPSA) is 63.4 Å². The lowest BCUT2D eigenvalue weighted by Crippen LogP contribution is -2.53. The van der Waals surface area contributed by atoms with Crippen LogP contribution in [0.3, 0.4) is 0 Å². The van der Waals surface area contributed by atoms with Crippen LogP contribution in [0.2, 0.25) is 0 Å². The van der Waals surface area contributed by atoms with Crippen LogP contribution >= 0.6 is 0 Å². The molecule has 1 unspecified atom stereocenters. The molecule has 1 aromatic carbocycles. The fraction of sp³-hybridized carbons (Fsp3) is 0.600. The number of benzene rings is 1. The first-order valence-electron chi connectivity index (χ1n) is 6.97. The van der Waals surface area contributed by atoms with Gasteiger partial charge in [-0.2, -0.15) is 4.31 Å². The van der Waals surface area contributed by atoms with E-state index in [4.69, 9.17) is 5.73 Å². The molecule has 0 aromatic heterocycles. The summed E-state index contributed by atoms with van der Waals surface area (Å²) in [6.45, 7) is 8.95. The number of aryl methyl sites for hydroxylation is 2. The van der Waals surface area contributed by atoms with E-state index in [0.717, 1.165) is 11.1 Å². The SMILES string of the molecule is Cc1ccc(S(=O)(=O)N2CCC(N)C(C)(C)C2)cc1C. The molecule has 1 aliphatic heterocycles. The summed E-state index contributed by atoms with van der Waals surface area (Å²) in [6, 6.07) is 5.36. The van der Waals surface area contributed by atoms with Gasteiger partial charge in [-0.3, -0.25) is 0 Å². The molecule has 0 amide bonds. The van der Waals surface area contributed by atoms with Crippen molar-refractivity contribution in [1.82, 2.24) is 4.31 Å². The van der Waals surface area contributed by atoms with Crippen molar-refractivity contribution in [1.29, 1.82) is 0 Å². The van der Waals surface area contributed by atoms with Gasteiger partial charge in [0.15, 0.2) is 0 Å². The van der Waals surface area contributed by atoms with Crippen LogP contribution in [0.15, 0.2) is 23.1 Å². The first kappa shape index (κ1) is 15.5. The summed E-state index contributed by atoms with van der Waals surface area (Å²) in [5.74, 6) is 0. The Labute approximate surface area is 122 Å². The molecule has 5 heteroatoms. The van der Waals surface area contributed by atoms with Crippen LogP contribution in [0.25, 0.3) is 0 Å². The Morgan fingerprint density at radius 2 is 1.90 bits per heavy atom. The minimum atomic E-state index is -3.42. The predicted octanol–water partition coefficient (Wildman–Crippen LogP) is 2.05. The van der Waals surface area contributed by atoms with E-state index in [1.54, 1.807) is 16.4 Å². The van der Waals surface area contributed by atoms with Gasteiger partial charge in [0.1, 0.15) is 0 Å². The number of hydrogen-bond acceptors (Lipinski definition) is 3. The van der Waals surface area contributed by atoms with Gasteiger partial charge in [-0.15, -0.1) is 0 Å². The predicted molar refractivity (Wildman–Crippen MR) is 81.0 cm³/mol. The molecule has 4 nitrogen and oxygen atoms in total. The highest BCUT2D eigenvalue weighted by Crippen LogP contribution is 2.31. The zero-order chi connectivity index (χ0) is 15.1. The van der Waals surface area contributed by atoms with Crippen molar-refractivity contribution in [2.24, 2.45) is 11.1 Å². The van der Waals surface area contributed by atoms with Gasteiger partial charge in [-0.25, -0.2) is 8.42 Å². The summed E-state index contributed by atoms with van der Waals surface area (Å²) < 4.78 is 27.0. The molecule has 0 spiro atoms. The van der Waals surface area contributed by atoms with Crippen molar-refractivity contribution in [2.45, 2.75) is 45.1 Å². The third-order valence-corrected chi connectivity index (χ3v) is 6.23. The van der Waals surface area contributed by atoms with Gasteiger partial charge >= 0.3 is 0 Å². The Bertz CT molecular complexity index is 608. The van der Waals surface area contributed by atoms with E-state index in [-0.39, 0.29) is 11.5 Å². The third-order valence-electron chi connectivity index (χ3n) is 4.39. The second kappa shape index (κ2) is 5.13. The van der Waals surface area contributed by atoms with Gasteiger partial charge in [0.2, 0.25) is 10.0 Å². The second-order valence-corrected chi connectivity index (χ2v) is 8.41. The Balaban J connectivity index is 2.33. The zero-order valence-corrected chi connectivity index (χ0v) is 13.5. The normalized spacial score (nSPS) is 23.8.